The van der Waals surface area contributed by atoms with E-state index in [2.05, 4.69) is 76.0 Å². The third-order valence-electron chi connectivity index (χ3n) is 6.86. The fourth-order valence-electron chi connectivity index (χ4n) is 4.99. The number of likely N-dealkylation sites (tertiary alicyclic amines) is 1. The molecule has 0 bridgehead atoms. The molecule has 1 N–H and O–H groups in total. The first kappa shape index (κ1) is 23.5. The zero-order valence-corrected chi connectivity index (χ0v) is 19.7. The summed E-state index contributed by atoms with van der Waals surface area (Å²) in [5.41, 5.74) is 5.75. The van der Waals surface area contributed by atoms with Gasteiger partial charge in [0.1, 0.15) is 0 Å². The van der Waals surface area contributed by atoms with Crippen LogP contribution in [0.5, 0.6) is 0 Å². The Bertz CT molecular complexity index is 849. The lowest BCUT2D eigenvalue weighted by Crippen LogP contribution is -2.56. The van der Waals surface area contributed by atoms with Crippen molar-refractivity contribution in [3.8, 4) is 0 Å². The highest BCUT2D eigenvalue weighted by Crippen LogP contribution is 2.29. The molecular formula is C27H36N4O2. The molecule has 0 unspecified atom stereocenters. The zero-order chi connectivity index (χ0) is 23.0. The zero-order valence-electron chi connectivity index (χ0n) is 19.7. The summed E-state index contributed by atoms with van der Waals surface area (Å²) in [6, 6.07) is 21.5. The average Bonchev–Trinajstić information content (AvgIpc) is 2.87. The Morgan fingerprint density at radius 3 is 1.91 bits per heavy atom. The van der Waals surface area contributed by atoms with Gasteiger partial charge in [0.25, 0.3) is 0 Å². The van der Waals surface area contributed by atoms with Crippen LogP contribution in [0.1, 0.15) is 49.8 Å². The summed E-state index contributed by atoms with van der Waals surface area (Å²) in [6.45, 7) is 6.80. The number of carbonyl (C=O) groups excluding carboxylic acids is 2. The molecule has 0 aliphatic carbocycles. The maximum Gasteiger partial charge on any atom is 0.237 e. The summed E-state index contributed by atoms with van der Waals surface area (Å²) in [7, 11) is 0. The first-order chi connectivity index (χ1) is 16.2. The number of nitrogens with one attached hydrogen (secondary N) is 1. The number of benzene rings is 2. The molecule has 2 aliphatic heterocycles. The van der Waals surface area contributed by atoms with Crippen LogP contribution in [-0.2, 0) is 9.59 Å². The molecule has 33 heavy (non-hydrogen) atoms. The molecule has 2 saturated heterocycles. The fraction of sp³-hybridized carbons (Fsp3) is 0.481. The van der Waals surface area contributed by atoms with Crippen molar-refractivity contribution in [1.29, 1.82) is 0 Å². The number of hydrazine groups is 1. The lowest BCUT2D eigenvalue weighted by Gasteiger charge is -2.40. The Morgan fingerprint density at radius 1 is 0.848 bits per heavy atom. The Labute approximate surface area is 197 Å². The van der Waals surface area contributed by atoms with E-state index in [1.807, 2.05) is 11.8 Å². The molecule has 0 saturated carbocycles. The van der Waals surface area contributed by atoms with Crippen LogP contribution in [0.15, 0.2) is 60.7 Å². The lowest BCUT2D eigenvalue weighted by molar-refractivity contribution is -0.138. The van der Waals surface area contributed by atoms with Gasteiger partial charge in [-0.15, -0.1) is 0 Å². The van der Waals surface area contributed by atoms with Crippen LogP contribution in [0.2, 0.25) is 0 Å². The molecule has 0 atom stereocenters. The summed E-state index contributed by atoms with van der Waals surface area (Å²) in [4.78, 5) is 29.4. The highest BCUT2D eigenvalue weighted by molar-refractivity contribution is 5.79. The van der Waals surface area contributed by atoms with Crippen LogP contribution in [0, 0.1) is 5.92 Å². The minimum absolute atomic E-state index is 0.00454. The summed E-state index contributed by atoms with van der Waals surface area (Å²) in [6.07, 6.45) is 2.99. The Balaban J connectivity index is 1.30. The van der Waals surface area contributed by atoms with Crippen LogP contribution in [-0.4, -0.2) is 65.9 Å². The predicted octanol–water partition coefficient (Wildman–Crippen LogP) is 3.46. The number of nitrogens with zero attached hydrogens (tertiary/aromatic N) is 3. The monoisotopic (exact) mass is 448 g/mol. The summed E-state index contributed by atoms with van der Waals surface area (Å²) < 4.78 is 0. The van der Waals surface area contributed by atoms with Crippen LogP contribution >= 0.6 is 0 Å². The molecule has 2 amide bonds. The number of rotatable bonds is 7. The molecule has 2 aromatic carbocycles. The SMILES string of the molecule is CCCC(=O)N1CCC(C(=O)NN2CCN(C(c3ccccc3)c3ccccc3)CC2)CC1. The molecular weight excluding hydrogens is 412 g/mol. The number of carbonyl (C=O) groups is 2. The topological polar surface area (TPSA) is 55.9 Å². The third kappa shape index (κ3) is 6.01. The summed E-state index contributed by atoms with van der Waals surface area (Å²) >= 11 is 0. The third-order valence-corrected chi connectivity index (χ3v) is 6.86. The summed E-state index contributed by atoms with van der Waals surface area (Å²) in [5.74, 6) is 0.322. The molecule has 2 aromatic rings. The van der Waals surface area contributed by atoms with Gasteiger partial charge in [0.2, 0.25) is 11.8 Å². The van der Waals surface area contributed by atoms with Crippen LogP contribution in [0.4, 0.5) is 0 Å². The minimum atomic E-state index is -0.00454. The molecule has 6 nitrogen and oxygen atoms in total. The Morgan fingerprint density at radius 2 is 1.39 bits per heavy atom. The van der Waals surface area contributed by atoms with Gasteiger partial charge in [0.05, 0.1) is 6.04 Å². The van der Waals surface area contributed by atoms with E-state index < -0.39 is 0 Å². The molecule has 0 spiro atoms. The summed E-state index contributed by atoms with van der Waals surface area (Å²) in [5, 5.41) is 2.07. The molecule has 2 aliphatic rings. The molecule has 4 rings (SSSR count). The van der Waals surface area contributed by atoms with Crippen molar-refractivity contribution in [2.75, 3.05) is 39.3 Å². The number of hydrogen-bond donors (Lipinski definition) is 1. The maximum absolute atomic E-state index is 12.9. The van der Waals surface area contributed by atoms with Crippen molar-refractivity contribution in [3.05, 3.63) is 71.8 Å². The smallest absolute Gasteiger partial charge is 0.237 e. The predicted molar refractivity (Wildman–Crippen MR) is 130 cm³/mol. The van der Waals surface area contributed by atoms with Gasteiger partial charge >= 0.3 is 0 Å². The molecule has 6 heteroatoms. The largest absolute Gasteiger partial charge is 0.343 e. The van der Waals surface area contributed by atoms with E-state index in [1.165, 1.54) is 11.1 Å². The molecule has 0 aromatic heterocycles. The second kappa shape index (κ2) is 11.4. The van der Waals surface area contributed by atoms with Crippen molar-refractivity contribution in [2.45, 2.75) is 38.6 Å². The van der Waals surface area contributed by atoms with Gasteiger partial charge in [-0.3, -0.25) is 19.9 Å². The maximum atomic E-state index is 12.9. The van der Waals surface area contributed by atoms with Crippen molar-refractivity contribution in [2.24, 2.45) is 5.92 Å². The van der Waals surface area contributed by atoms with Gasteiger partial charge < -0.3 is 4.90 Å². The van der Waals surface area contributed by atoms with E-state index in [4.69, 9.17) is 0 Å². The van der Waals surface area contributed by atoms with Crippen molar-refractivity contribution in [1.82, 2.24) is 20.2 Å². The van der Waals surface area contributed by atoms with Crippen molar-refractivity contribution in [3.63, 3.8) is 0 Å². The molecule has 176 valence electrons. The van der Waals surface area contributed by atoms with Crippen molar-refractivity contribution >= 4 is 11.8 Å². The number of piperazine rings is 1. The van der Waals surface area contributed by atoms with Crippen LogP contribution in [0.3, 0.4) is 0 Å². The van der Waals surface area contributed by atoms with Crippen LogP contribution in [0.25, 0.3) is 0 Å². The van der Waals surface area contributed by atoms with E-state index in [9.17, 15) is 9.59 Å². The molecule has 2 heterocycles. The lowest BCUT2D eigenvalue weighted by atomic mass is 9.95. The van der Waals surface area contributed by atoms with E-state index in [0.29, 0.717) is 19.5 Å². The fourth-order valence-corrected chi connectivity index (χ4v) is 4.99. The van der Waals surface area contributed by atoms with Gasteiger partial charge in [0, 0.05) is 51.6 Å². The van der Waals surface area contributed by atoms with E-state index >= 15 is 0 Å². The Hall–Kier alpha value is -2.70. The number of hydrogen-bond acceptors (Lipinski definition) is 4. The van der Waals surface area contributed by atoms with E-state index in [-0.39, 0.29) is 23.8 Å². The normalized spacial score (nSPS) is 18.4. The van der Waals surface area contributed by atoms with Gasteiger partial charge in [-0.1, -0.05) is 67.6 Å². The van der Waals surface area contributed by atoms with Gasteiger partial charge in [-0.2, -0.15) is 0 Å². The second-order valence-electron chi connectivity index (χ2n) is 9.13. The van der Waals surface area contributed by atoms with E-state index in [1.54, 1.807) is 0 Å². The van der Waals surface area contributed by atoms with Gasteiger partial charge in [-0.05, 0) is 30.4 Å². The van der Waals surface area contributed by atoms with Crippen LogP contribution < -0.4 is 5.43 Å². The molecule has 0 radical (unpaired) electrons. The average molecular weight is 449 g/mol. The van der Waals surface area contributed by atoms with Gasteiger partial charge in [-0.25, -0.2) is 5.01 Å². The van der Waals surface area contributed by atoms with Gasteiger partial charge in [0.15, 0.2) is 0 Å². The van der Waals surface area contributed by atoms with E-state index in [0.717, 1.165) is 45.4 Å². The highest BCUT2D eigenvalue weighted by Gasteiger charge is 2.30. The number of piperidine rings is 1. The second-order valence-corrected chi connectivity index (χ2v) is 9.13. The standard InChI is InChI=1S/C27H36N4O2/c1-2-9-25(32)29-16-14-24(15-17-29)27(33)28-31-20-18-30(19-21-31)26(22-10-5-3-6-11-22)23-12-7-4-8-13-23/h3-8,10-13,24,26H,2,9,14-21H2,1H3,(H,28,33). The highest BCUT2D eigenvalue weighted by atomic mass is 16.2. The Kier molecular flexibility index (Phi) is 8.13. The number of amides is 2. The first-order valence-corrected chi connectivity index (χ1v) is 12.3. The first-order valence-electron chi connectivity index (χ1n) is 12.3. The van der Waals surface area contributed by atoms with Crippen molar-refractivity contribution < 1.29 is 9.59 Å². The minimum Gasteiger partial charge on any atom is -0.343 e. The quantitative estimate of drug-likeness (QED) is 0.705. The molecule has 2 fully saturated rings.